The number of nitriles is 1. The number of nitrogens with zero attached hydrogens (tertiary/aromatic N) is 2. The molecule has 10 heavy (non-hydrogen) atoms. The molecule has 0 unspecified atom stereocenters. The molecule has 1 heterocycles. The summed E-state index contributed by atoms with van der Waals surface area (Å²) >= 11 is 0. The third kappa shape index (κ3) is 1.47. The van der Waals surface area contributed by atoms with Gasteiger partial charge in [-0.25, -0.2) is 0 Å². The van der Waals surface area contributed by atoms with Crippen LogP contribution in [0.5, 0.6) is 0 Å². The SMILES string of the molecule is N#CCCC(=O)N1CCC1. The Morgan fingerprint density at radius 2 is 2.30 bits per heavy atom. The van der Waals surface area contributed by atoms with Crippen molar-refractivity contribution in [3.8, 4) is 6.07 Å². The molecule has 1 amide bonds. The van der Waals surface area contributed by atoms with Crippen molar-refractivity contribution in [2.45, 2.75) is 19.3 Å². The van der Waals surface area contributed by atoms with Gasteiger partial charge in [-0.3, -0.25) is 4.79 Å². The summed E-state index contributed by atoms with van der Waals surface area (Å²) in [6.07, 6.45) is 1.88. The monoisotopic (exact) mass is 138 g/mol. The van der Waals surface area contributed by atoms with Crippen LogP contribution in [0, 0.1) is 11.3 Å². The predicted molar refractivity (Wildman–Crippen MR) is 36.0 cm³/mol. The van der Waals surface area contributed by atoms with Crippen molar-refractivity contribution in [3.05, 3.63) is 0 Å². The molecule has 0 aliphatic carbocycles. The molecule has 0 spiro atoms. The molecule has 54 valence electrons. The molecule has 0 aromatic heterocycles. The fourth-order valence-corrected chi connectivity index (χ4v) is 0.887. The highest BCUT2D eigenvalue weighted by atomic mass is 16.2. The average molecular weight is 138 g/mol. The predicted octanol–water partition coefficient (Wildman–Crippen LogP) is 0.522. The minimum atomic E-state index is 0.132. The fraction of sp³-hybridized carbons (Fsp3) is 0.714. The first kappa shape index (κ1) is 7.07. The van der Waals surface area contributed by atoms with Gasteiger partial charge >= 0.3 is 0 Å². The van der Waals surface area contributed by atoms with Crippen LogP contribution < -0.4 is 0 Å². The summed E-state index contributed by atoms with van der Waals surface area (Å²) in [6, 6.07) is 1.95. The first-order chi connectivity index (χ1) is 4.84. The van der Waals surface area contributed by atoms with Crippen LogP contribution in [0.1, 0.15) is 19.3 Å². The Morgan fingerprint density at radius 1 is 1.60 bits per heavy atom. The third-order valence-electron chi connectivity index (χ3n) is 1.66. The van der Waals surface area contributed by atoms with Crippen LogP contribution >= 0.6 is 0 Å². The van der Waals surface area contributed by atoms with Gasteiger partial charge in [0.15, 0.2) is 0 Å². The molecule has 3 nitrogen and oxygen atoms in total. The van der Waals surface area contributed by atoms with E-state index >= 15 is 0 Å². The zero-order valence-corrected chi connectivity index (χ0v) is 5.84. The maximum atomic E-state index is 11.0. The van der Waals surface area contributed by atoms with Gasteiger partial charge in [0.2, 0.25) is 5.91 Å². The zero-order chi connectivity index (χ0) is 7.40. The lowest BCUT2D eigenvalue weighted by Gasteiger charge is -2.30. The lowest BCUT2D eigenvalue weighted by Crippen LogP contribution is -2.41. The topological polar surface area (TPSA) is 44.1 Å². The number of hydrogen-bond acceptors (Lipinski definition) is 2. The molecule has 3 heteroatoms. The second kappa shape index (κ2) is 3.21. The lowest BCUT2D eigenvalue weighted by molar-refractivity contribution is -0.134. The van der Waals surface area contributed by atoms with Gasteiger partial charge < -0.3 is 4.90 Å². The Hall–Kier alpha value is -1.04. The maximum Gasteiger partial charge on any atom is 0.223 e. The minimum absolute atomic E-state index is 0.132. The van der Waals surface area contributed by atoms with E-state index < -0.39 is 0 Å². The van der Waals surface area contributed by atoms with Gasteiger partial charge in [0.25, 0.3) is 0 Å². The van der Waals surface area contributed by atoms with Crippen LogP contribution in [-0.2, 0) is 4.79 Å². The summed E-state index contributed by atoms with van der Waals surface area (Å²) < 4.78 is 0. The second-order valence-corrected chi connectivity index (χ2v) is 2.39. The minimum Gasteiger partial charge on any atom is -0.343 e. The molecule has 0 saturated carbocycles. The first-order valence-corrected chi connectivity index (χ1v) is 3.49. The van der Waals surface area contributed by atoms with E-state index in [4.69, 9.17) is 5.26 Å². The smallest absolute Gasteiger partial charge is 0.223 e. The van der Waals surface area contributed by atoms with Crippen LogP contribution in [0.2, 0.25) is 0 Å². The Kier molecular flexibility index (Phi) is 2.27. The molecule has 1 fully saturated rings. The van der Waals surface area contributed by atoms with Gasteiger partial charge in [0.05, 0.1) is 6.07 Å². The van der Waals surface area contributed by atoms with E-state index in [2.05, 4.69) is 0 Å². The molecule has 1 aliphatic rings. The number of carbonyl (C=O) groups is 1. The number of rotatable bonds is 2. The molecule has 0 aromatic rings. The Bertz CT molecular complexity index is 167. The van der Waals surface area contributed by atoms with E-state index in [1.54, 1.807) is 4.90 Å². The largest absolute Gasteiger partial charge is 0.343 e. The van der Waals surface area contributed by atoms with Crippen molar-refractivity contribution in [2.24, 2.45) is 0 Å². The van der Waals surface area contributed by atoms with Crippen molar-refractivity contribution < 1.29 is 4.79 Å². The van der Waals surface area contributed by atoms with Crippen molar-refractivity contribution in [3.63, 3.8) is 0 Å². The summed E-state index contributed by atoms with van der Waals surface area (Å²) in [7, 11) is 0. The molecule has 1 aliphatic heterocycles. The van der Waals surface area contributed by atoms with Crippen LogP contribution in [0.3, 0.4) is 0 Å². The van der Waals surface area contributed by atoms with E-state index in [-0.39, 0.29) is 5.91 Å². The number of carbonyl (C=O) groups excluding carboxylic acids is 1. The third-order valence-corrected chi connectivity index (χ3v) is 1.66. The molecule has 0 bridgehead atoms. The van der Waals surface area contributed by atoms with Crippen LogP contribution in [0.15, 0.2) is 0 Å². The number of amides is 1. The Labute approximate surface area is 60.2 Å². The molecule has 1 saturated heterocycles. The summed E-state index contributed by atoms with van der Waals surface area (Å²) in [6.45, 7) is 1.79. The van der Waals surface area contributed by atoms with Crippen molar-refractivity contribution >= 4 is 5.91 Å². The molecule has 0 aromatic carbocycles. The quantitative estimate of drug-likeness (QED) is 0.558. The maximum absolute atomic E-state index is 11.0. The summed E-state index contributed by atoms with van der Waals surface area (Å²) in [5, 5.41) is 8.17. The standard InChI is InChI=1S/C7H10N2O/c8-4-1-3-7(10)9-5-2-6-9/h1-3,5-6H2. The van der Waals surface area contributed by atoms with Gasteiger partial charge in [0.1, 0.15) is 0 Å². The molecule has 0 atom stereocenters. The average Bonchev–Trinajstić information content (AvgIpc) is 1.79. The van der Waals surface area contributed by atoms with Crippen molar-refractivity contribution in [1.29, 1.82) is 5.26 Å². The molecular weight excluding hydrogens is 128 g/mol. The van der Waals surface area contributed by atoms with E-state index in [1.165, 1.54) is 0 Å². The van der Waals surface area contributed by atoms with E-state index in [1.807, 2.05) is 6.07 Å². The van der Waals surface area contributed by atoms with Gasteiger partial charge in [-0.1, -0.05) is 0 Å². The molecule has 0 N–H and O–H groups in total. The Morgan fingerprint density at radius 3 is 2.70 bits per heavy atom. The number of hydrogen-bond donors (Lipinski definition) is 0. The second-order valence-electron chi connectivity index (χ2n) is 2.39. The van der Waals surface area contributed by atoms with Crippen LogP contribution in [0.4, 0.5) is 0 Å². The highest BCUT2D eigenvalue weighted by Crippen LogP contribution is 2.07. The van der Waals surface area contributed by atoms with Gasteiger partial charge in [0, 0.05) is 25.9 Å². The summed E-state index contributed by atoms with van der Waals surface area (Å²) in [4.78, 5) is 12.7. The highest BCUT2D eigenvalue weighted by molar-refractivity contribution is 5.77. The lowest BCUT2D eigenvalue weighted by atomic mass is 10.2. The van der Waals surface area contributed by atoms with Gasteiger partial charge in [-0.15, -0.1) is 0 Å². The Balaban J connectivity index is 2.15. The van der Waals surface area contributed by atoms with Crippen molar-refractivity contribution in [2.75, 3.05) is 13.1 Å². The van der Waals surface area contributed by atoms with Crippen LogP contribution in [0.25, 0.3) is 0 Å². The normalized spacial score (nSPS) is 15.7. The van der Waals surface area contributed by atoms with E-state index in [9.17, 15) is 4.79 Å². The summed E-state index contributed by atoms with van der Waals surface area (Å²) in [5.41, 5.74) is 0. The van der Waals surface area contributed by atoms with Crippen LogP contribution in [-0.4, -0.2) is 23.9 Å². The van der Waals surface area contributed by atoms with Gasteiger partial charge in [-0.2, -0.15) is 5.26 Å². The fourth-order valence-electron chi connectivity index (χ4n) is 0.887. The van der Waals surface area contributed by atoms with E-state index in [0.717, 1.165) is 19.5 Å². The molecular formula is C7H10N2O. The molecule has 0 radical (unpaired) electrons. The number of likely N-dealkylation sites (tertiary alicyclic amines) is 1. The van der Waals surface area contributed by atoms with Gasteiger partial charge in [-0.05, 0) is 6.42 Å². The zero-order valence-electron chi connectivity index (χ0n) is 5.84. The molecule has 1 rings (SSSR count). The summed E-state index contributed by atoms with van der Waals surface area (Å²) in [5.74, 6) is 0.132. The first-order valence-electron chi connectivity index (χ1n) is 3.49. The van der Waals surface area contributed by atoms with Crippen molar-refractivity contribution in [1.82, 2.24) is 4.90 Å². The van der Waals surface area contributed by atoms with E-state index in [0.29, 0.717) is 12.8 Å². The highest BCUT2D eigenvalue weighted by Gasteiger charge is 2.18.